The van der Waals surface area contributed by atoms with Crippen LogP contribution in [-0.4, -0.2) is 48.2 Å². The van der Waals surface area contributed by atoms with Crippen LogP contribution in [0, 0.1) is 0 Å². The van der Waals surface area contributed by atoms with Crippen molar-refractivity contribution < 1.29 is 19.4 Å². The number of nitrogens with zero attached hydrogens (tertiary/aromatic N) is 1. The summed E-state index contributed by atoms with van der Waals surface area (Å²) < 4.78 is 5.22. The van der Waals surface area contributed by atoms with Crippen LogP contribution >= 0.6 is 0 Å². The SMILES string of the molecule is CCCCC(=O)N(CCCOCC)CCC(=O)O. The zero-order chi connectivity index (χ0) is 13.8. The summed E-state index contributed by atoms with van der Waals surface area (Å²) in [6, 6.07) is 0. The lowest BCUT2D eigenvalue weighted by Crippen LogP contribution is -2.34. The molecule has 18 heavy (non-hydrogen) atoms. The van der Waals surface area contributed by atoms with Crippen LogP contribution in [0.25, 0.3) is 0 Å². The third-order valence-electron chi connectivity index (χ3n) is 2.61. The third kappa shape index (κ3) is 8.98. The number of unbranched alkanes of at least 4 members (excludes halogenated alkanes) is 1. The minimum Gasteiger partial charge on any atom is -0.481 e. The molecule has 0 bridgehead atoms. The molecule has 0 aliphatic rings. The van der Waals surface area contributed by atoms with Gasteiger partial charge in [-0.05, 0) is 19.8 Å². The molecule has 0 fully saturated rings. The molecule has 0 aliphatic carbocycles. The lowest BCUT2D eigenvalue weighted by molar-refractivity contribution is -0.138. The molecule has 1 amide bonds. The number of carboxylic acids is 1. The topological polar surface area (TPSA) is 66.8 Å². The fourth-order valence-electron chi connectivity index (χ4n) is 1.58. The molecule has 0 atom stereocenters. The zero-order valence-corrected chi connectivity index (χ0v) is 11.5. The van der Waals surface area contributed by atoms with Gasteiger partial charge in [-0.1, -0.05) is 13.3 Å². The molecule has 0 rings (SSSR count). The van der Waals surface area contributed by atoms with Crippen molar-refractivity contribution in [2.75, 3.05) is 26.3 Å². The number of aliphatic carboxylic acids is 1. The summed E-state index contributed by atoms with van der Waals surface area (Å²) in [4.78, 5) is 24.1. The fourth-order valence-corrected chi connectivity index (χ4v) is 1.58. The number of carboxylic acid groups (broad SMARTS) is 1. The smallest absolute Gasteiger partial charge is 0.305 e. The van der Waals surface area contributed by atoms with Gasteiger partial charge in [0.25, 0.3) is 0 Å². The number of carbonyl (C=O) groups is 2. The van der Waals surface area contributed by atoms with Gasteiger partial charge < -0.3 is 14.7 Å². The number of ether oxygens (including phenoxy) is 1. The van der Waals surface area contributed by atoms with Gasteiger partial charge in [-0.15, -0.1) is 0 Å². The van der Waals surface area contributed by atoms with Crippen LogP contribution in [0.5, 0.6) is 0 Å². The van der Waals surface area contributed by atoms with Crippen molar-refractivity contribution in [3.8, 4) is 0 Å². The summed E-state index contributed by atoms with van der Waals surface area (Å²) in [5.74, 6) is -0.817. The van der Waals surface area contributed by atoms with Crippen molar-refractivity contribution >= 4 is 11.9 Å². The van der Waals surface area contributed by atoms with E-state index in [4.69, 9.17) is 9.84 Å². The van der Waals surface area contributed by atoms with Gasteiger partial charge in [-0.3, -0.25) is 9.59 Å². The second kappa shape index (κ2) is 11.0. The molecule has 106 valence electrons. The number of hydrogen-bond donors (Lipinski definition) is 1. The van der Waals surface area contributed by atoms with Gasteiger partial charge in [0.1, 0.15) is 0 Å². The Bertz CT molecular complexity index is 243. The van der Waals surface area contributed by atoms with Gasteiger partial charge >= 0.3 is 5.97 Å². The molecule has 0 aliphatic heterocycles. The molecule has 0 radical (unpaired) electrons. The molecule has 0 aromatic rings. The maximum Gasteiger partial charge on any atom is 0.305 e. The van der Waals surface area contributed by atoms with Gasteiger partial charge in [0.05, 0.1) is 6.42 Å². The summed E-state index contributed by atoms with van der Waals surface area (Å²) in [7, 11) is 0. The Morgan fingerprint density at radius 3 is 2.39 bits per heavy atom. The summed E-state index contributed by atoms with van der Waals surface area (Å²) in [6.07, 6.45) is 3.09. The number of hydrogen-bond acceptors (Lipinski definition) is 3. The van der Waals surface area contributed by atoms with Crippen LogP contribution in [-0.2, 0) is 14.3 Å². The van der Waals surface area contributed by atoms with Gasteiger partial charge in [-0.25, -0.2) is 0 Å². The van der Waals surface area contributed by atoms with Crippen molar-refractivity contribution in [1.82, 2.24) is 4.90 Å². The molecule has 0 aromatic heterocycles. The minimum absolute atomic E-state index is 0.00645. The van der Waals surface area contributed by atoms with Crippen molar-refractivity contribution in [2.45, 2.75) is 46.0 Å². The predicted molar refractivity (Wildman–Crippen MR) is 69.5 cm³/mol. The normalized spacial score (nSPS) is 10.3. The molecule has 0 heterocycles. The van der Waals surface area contributed by atoms with Crippen molar-refractivity contribution in [2.24, 2.45) is 0 Å². The number of rotatable bonds is 11. The average molecular weight is 259 g/mol. The molecule has 0 saturated heterocycles. The Balaban J connectivity index is 4.05. The first-order valence-corrected chi connectivity index (χ1v) is 6.69. The Kier molecular flexibility index (Phi) is 10.3. The highest BCUT2D eigenvalue weighted by Gasteiger charge is 2.13. The standard InChI is InChI=1S/C13H25NO4/c1-3-5-7-12(15)14(10-8-13(16)17)9-6-11-18-4-2/h3-11H2,1-2H3,(H,16,17). The van der Waals surface area contributed by atoms with Gasteiger partial charge in [0, 0.05) is 32.7 Å². The van der Waals surface area contributed by atoms with Crippen molar-refractivity contribution in [3.05, 3.63) is 0 Å². The Morgan fingerprint density at radius 2 is 1.83 bits per heavy atom. The molecule has 5 heteroatoms. The van der Waals surface area contributed by atoms with Crippen LogP contribution in [0.1, 0.15) is 46.0 Å². The number of amides is 1. The van der Waals surface area contributed by atoms with E-state index in [0.717, 1.165) is 19.3 Å². The molecule has 0 saturated carbocycles. The summed E-state index contributed by atoms with van der Waals surface area (Å²) in [5.41, 5.74) is 0. The van der Waals surface area contributed by atoms with E-state index in [1.54, 1.807) is 4.90 Å². The monoisotopic (exact) mass is 259 g/mol. The molecule has 1 N–H and O–H groups in total. The van der Waals surface area contributed by atoms with Crippen molar-refractivity contribution in [3.63, 3.8) is 0 Å². The number of carbonyl (C=O) groups excluding carboxylic acids is 1. The zero-order valence-electron chi connectivity index (χ0n) is 11.5. The quantitative estimate of drug-likeness (QED) is 0.575. The van der Waals surface area contributed by atoms with Crippen LogP contribution < -0.4 is 0 Å². The van der Waals surface area contributed by atoms with Gasteiger partial charge in [-0.2, -0.15) is 0 Å². The van der Waals surface area contributed by atoms with E-state index in [0.29, 0.717) is 32.7 Å². The first kappa shape index (κ1) is 16.9. The first-order valence-electron chi connectivity index (χ1n) is 6.69. The highest BCUT2D eigenvalue weighted by atomic mass is 16.5. The lowest BCUT2D eigenvalue weighted by Gasteiger charge is -2.22. The van der Waals surface area contributed by atoms with Crippen LogP contribution in [0.3, 0.4) is 0 Å². The van der Waals surface area contributed by atoms with E-state index in [-0.39, 0.29) is 12.3 Å². The Hall–Kier alpha value is -1.10. The van der Waals surface area contributed by atoms with Crippen molar-refractivity contribution in [1.29, 1.82) is 0 Å². The van der Waals surface area contributed by atoms with Gasteiger partial charge in [0.15, 0.2) is 0 Å². The Labute approximate surface area is 109 Å². The molecular formula is C13H25NO4. The Morgan fingerprint density at radius 1 is 1.11 bits per heavy atom. The minimum atomic E-state index is -0.868. The van der Waals surface area contributed by atoms with E-state index in [1.165, 1.54) is 0 Å². The van der Waals surface area contributed by atoms with E-state index < -0.39 is 5.97 Å². The lowest BCUT2D eigenvalue weighted by atomic mass is 10.2. The first-order chi connectivity index (χ1) is 8.61. The molecule has 0 spiro atoms. The summed E-state index contributed by atoms with van der Waals surface area (Å²) in [5, 5.41) is 8.67. The second-order valence-corrected chi connectivity index (χ2v) is 4.18. The van der Waals surface area contributed by atoms with E-state index in [2.05, 4.69) is 0 Å². The maximum absolute atomic E-state index is 11.9. The van der Waals surface area contributed by atoms with Crippen LogP contribution in [0.4, 0.5) is 0 Å². The van der Waals surface area contributed by atoms with Crippen LogP contribution in [0.15, 0.2) is 0 Å². The molecule has 5 nitrogen and oxygen atoms in total. The van der Waals surface area contributed by atoms with E-state index in [1.807, 2.05) is 13.8 Å². The average Bonchev–Trinajstić information content (AvgIpc) is 2.34. The van der Waals surface area contributed by atoms with Gasteiger partial charge in [0.2, 0.25) is 5.91 Å². The molecule has 0 aromatic carbocycles. The highest BCUT2D eigenvalue weighted by Crippen LogP contribution is 2.03. The largest absolute Gasteiger partial charge is 0.481 e. The highest BCUT2D eigenvalue weighted by molar-refractivity contribution is 5.77. The second-order valence-electron chi connectivity index (χ2n) is 4.18. The third-order valence-corrected chi connectivity index (χ3v) is 2.61. The molecular weight excluding hydrogens is 234 g/mol. The maximum atomic E-state index is 11.9. The summed E-state index contributed by atoms with van der Waals surface area (Å²) in [6.45, 7) is 6.11. The van der Waals surface area contributed by atoms with E-state index in [9.17, 15) is 9.59 Å². The fraction of sp³-hybridized carbons (Fsp3) is 0.846. The predicted octanol–water partition coefficient (Wildman–Crippen LogP) is 1.91. The van der Waals surface area contributed by atoms with E-state index >= 15 is 0 Å². The van der Waals surface area contributed by atoms with Crippen LogP contribution in [0.2, 0.25) is 0 Å². The summed E-state index contributed by atoms with van der Waals surface area (Å²) >= 11 is 0. The molecule has 0 unspecified atom stereocenters.